The average molecular weight is 196 g/mol. The third-order valence-electron chi connectivity index (χ3n) is 2.43. The maximum absolute atomic E-state index is 10.2. The van der Waals surface area contributed by atoms with Crippen molar-refractivity contribution in [3.05, 3.63) is 35.9 Å². The average Bonchev–Trinajstić information content (AvgIpc) is 2.28. The van der Waals surface area contributed by atoms with Gasteiger partial charge in [0.2, 0.25) is 0 Å². The highest BCUT2D eigenvalue weighted by Gasteiger charge is 2.18. The van der Waals surface area contributed by atoms with Gasteiger partial charge in [0.05, 0.1) is 6.10 Å². The highest BCUT2D eigenvalue weighted by atomic mass is 16.3. The van der Waals surface area contributed by atoms with Crippen molar-refractivity contribution in [1.29, 1.82) is 0 Å². The molecule has 0 heterocycles. The number of aliphatic hydroxyl groups is 1. The summed E-state index contributed by atoms with van der Waals surface area (Å²) in [7, 11) is 0. The lowest BCUT2D eigenvalue weighted by Crippen LogP contribution is -2.34. The fraction of sp³-hybridized carbons (Fsp3) is 0.500. The molecule has 0 amide bonds. The Balaban J connectivity index is 2.85. The summed E-state index contributed by atoms with van der Waals surface area (Å²) in [6.07, 6.45) is -0.795. The summed E-state index contributed by atoms with van der Waals surface area (Å²) < 4.78 is 22.3. The Morgan fingerprint density at radius 1 is 1.43 bits per heavy atom. The van der Waals surface area contributed by atoms with E-state index in [1.54, 1.807) is 26.0 Å². The Hall–Kier alpha value is -0.860. The normalized spacial score (nSPS) is 19.6. The number of aliphatic hydroxyl groups excluding tert-OH is 1. The van der Waals surface area contributed by atoms with Crippen LogP contribution in [0.1, 0.15) is 29.6 Å². The van der Waals surface area contributed by atoms with Gasteiger partial charge in [-0.15, -0.1) is 0 Å². The SMILES string of the molecule is [2H]C([2H])([2H])N(CC)C(C)C(O)c1ccccc1. The number of nitrogens with zero attached hydrogens (tertiary/aromatic N) is 1. The van der Waals surface area contributed by atoms with Gasteiger partial charge in [-0.2, -0.15) is 0 Å². The molecular weight excluding hydrogens is 174 g/mol. The van der Waals surface area contributed by atoms with Gasteiger partial charge in [-0.25, -0.2) is 0 Å². The first kappa shape index (κ1) is 7.43. The van der Waals surface area contributed by atoms with Gasteiger partial charge in [0.25, 0.3) is 0 Å². The Morgan fingerprint density at radius 3 is 2.57 bits per heavy atom. The number of rotatable bonds is 4. The summed E-state index contributed by atoms with van der Waals surface area (Å²) in [4.78, 5) is 1.32. The minimum absolute atomic E-state index is 0.377. The topological polar surface area (TPSA) is 23.5 Å². The Morgan fingerprint density at radius 2 is 2.07 bits per heavy atom. The molecule has 1 aromatic rings. The molecule has 0 radical (unpaired) electrons. The van der Waals surface area contributed by atoms with Crippen molar-refractivity contribution >= 4 is 0 Å². The van der Waals surface area contributed by atoms with E-state index in [2.05, 4.69) is 0 Å². The Labute approximate surface area is 90.4 Å². The molecule has 2 heteroatoms. The predicted octanol–water partition coefficient (Wildman–Crippen LogP) is 2.06. The van der Waals surface area contributed by atoms with Crippen LogP contribution < -0.4 is 0 Å². The first-order valence-electron chi connectivity index (χ1n) is 6.37. The van der Waals surface area contributed by atoms with Gasteiger partial charge in [-0.1, -0.05) is 37.3 Å². The fourth-order valence-corrected chi connectivity index (χ4v) is 1.39. The van der Waals surface area contributed by atoms with E-state index < -0.39 is 19.1 Å². The summed E-state index contributed by atoms with van der Waals surface area (Å²) in [6.45, 7) is 1.71. The highest BCUT2D eigenvalue weighted by Crippen LogP contribution is 2.19. The van der Waals surface area contributed by atoms with Crippen molar-refractivity contribution in [3.63, 3.8) is 0 Å². The van der Waals surface area contributed by atoms with E-state index in [0.717, 1.165) is 5.56 Å². The van der Waals surface area contributed by atoms with Crippen molar-refractivity contribution in [2.24, 2.45) is 0 Å². The fourth-order valence-electron chi connectivity index (χ4n) is 1.39. The van der Waals surface area contributed by atoms with Crippen LogP contribution in [0.3, 0.4) is 0 Å². The Bertz CT molecular complexity index is 339. The maximum atomic E-state index is 10.2. The molecule has 0 bridgehead atoms. The van der Waals surface area contributed by atoms with E-state index in [1.807, 2.05) is 18.2 Å². The first-order valence-corrected chi connectivity index (χ1v) is 4.87. The molecule has 14 heavy (non-hydrogen) atoms. The summed E-state index contributed by atoms with van der Waals surface area (Å²) in [5.74, 6) is 0. The van der Waals surface area contributed by atoms with Crippen LogP contribution in [-0.4, -0.2) is 29.6 Å². The van der Waals surface area contributed by atoms with E-state index >= 15 is 0 Å². The van der Waals surface area contributed by atoms with E-state index in [1.165, 1.54) is 4.90 Å². The second-order valence-corrected chi connectivity index (χ2v) is 3.38. The van der Waals surface area contributed by atoms with Crippen LogP contribution in [0, 0.1) is 0 Å². The Kier molecular flexibility index (Phi) is 2.72. The molecule has 2 unspecified atom stereocenters. The zero-order valence-electron chi connectivity index (χ0n) is 11.6. The van der Waals surface area contributed by atoms with Crippen LogP contribution in [0.4, 0.5) is 0 Å². The lowest BCUT2D eigenvalue weighted by atomic mass is 10.0. The van der Waals surface area contributed by atoms with Crippen LogP contribution in [0.25, 0.3) is 0 Å². The van der Waals surface area contributed by atoms with Crippen molar-refractivity contribution in [3.8, 4) is 0 Å². The van der Waals surface area contributed by atoms with Gasteiger partial charge in [-0.05, 0) is 26.0 Å². The highest BCUT2D eigenvalue weighted by molar-refractivity contribution is 5.18. The molecule has 1 aromatic carbocycles. The molecule has 2 nitrogen and oxygen atoms in total. The standard InChI is InChI=1S/C12H19NO/c1-4-13(3)10(2)12(14)11-8-6-5-7-9-11/h5-10,12,14H,4H2,1-3H3/i3D3. The zero-order valence-corrected chi connectivity index (χ0v) is 8.64. The van der Waals surface area contributed by atoms with Crippen molar-refractivity contribution in [2.75, 3.05) is 13.5 Å². The van der Waals surface area contributed by atoms with Gasteiger partial charge in [0.15, 0.2) is 0 Å². The first-order chi connectivity index (χ1) is 7.88. The van der Waals surface area contributed by atoms with Crippen LogP contribution >= 0.6 is 0 Å². The molecule has 2 atom stereocenters. The molecule has 0 spiro atoms. The van der Waals surface area contributed by atoms with Crippen LogP contribution in [0.5, 0.6) is 0 Å². The van der Waals surface area contributed by atoms with Crippen molar-refractivity contribution < 1.29 is 9.22 Å². The van der Waals surface area contributed by atoms with E-state index in [-0.39, 0.29) is 0 Å². The van der Waals surface area contributed by atoms with E-state index in [4.69, 9.17) is 4.11 Å². The molecule has 78 valence electrons. The van der Waals surface area contributed by atoms with Gasteiger partial charge >= 0.3 is 0 Å². The quantitative estimate of drug-likeness (QED) is 0.796. The van der Waals surface area contributed by atoms with Gasteiger partial charge in [-0.3, -0.25) is 0 Å². The second-order valence-electron chi connectivity index (χ2n) is 3.38. The van der Waals surface area contributed by atoms with Gasteiger partial charge in [0, 0.05) is 10.2 Å². The van der Waals surface area contributed by atoms with Crippen LogP contribution in [0.2, 0.25) is 0 Å². The molecule has 0 aliphatic heterocycles. The molecule has 0 aliphatic rings. The molecule has 0 aromatic heterocycles. The minimum Gasteiger partial charge on any atom is -0.387 e. The molecule has 0 saturated carbocycles. The molecule has 1 N–H and O–H groups in total. The van der Waals surface area contributed by atoms with E-state index in [9.17, 15) is 5.11 Å². The number of hydrogen-bond acceptors (Lipinski definition) is 2. The third kappa shape index (κ3) is 2.56. The third-order valence-corrected chi connectivity index (χ3v) is 2.43. The van der Waals surface area contributed by atoms with Crippen LogP contribution in [0.15, 0.2) is 30.3 Å². The monoisotopic (exact) mass is 196 g/mol. The maximum Gasteiger partial charge on any atom is 0.0942 e. The number of likely N-dealkylation sites (N-methyl/N-ethyl adjacent to an activating group) is 1. The van der Waals surface area contributed by atoms with E-state index in [0.29, 0.717) is 6.54 Å². The lowest BCUT2D eigenvalue weighted by molar-refractivity contribution is 0.0755. The predicted molar refractivity (Wildman–Crippen MR) is 59.2 cm³/mol. The summed E-state index contributed by atoms with van der Waals surface area (Å²) in [5.41, 5.74) is 0.739. The van der Waals surface area contributed by atoms with Gasteiger partial charge in [0.1, 0.15) is 0 Å². The number of hydrogen-bond donors (Lipinski definition) is 1. The smallest absolute Gasteiger partial charge is 0.0942 e. The van der Waals surface area contributed by atoms with Crippen molar-refractivity contribution in [1.82, 2.24) is 4.90 Å². The lowest BCUT2D eigenvalue weighted by Gasteiger charge is -2.27. The zero-order chi connectivity index (χ0) is 13.1. The van der Waals surface area contributed by atoms with Crippen LogP contribution in [-0.2, 0) is 0 Å². The summed E-state index contributed by atoms with van der Waals surface area (Å²) in [5, 5.41) is 10.2. The largest absolute Gasteiger partial charge is 0.387 e. The summed E-state index contributed by atoms with van der Waals surface area (Å²) in [6, 6.07) is 8.67. The van der Waals surface area contributed by atoms with Gasteiger partial charge < -0.3 is 10.0 Å². The molecular formula is C12H19NO. The van der Waals surface area contributed by atoms with Crippen molar-refractivity contribution in [2.45, 2.75) is 26.0 Å². The summed E-state index contributed by atoms with van der Waals surface area (Å²) >= 11 is 0. The molecule has 0 saturated heterocycles. The molecule has 0 aliphatic carbocycles. The molecule has 0 fully saturated rings. The second kappa shape index (κ2) is 5.13. The molecule has 1 rings (SSSR count). The number of benzene rings is 1. The minimum atomic E-state index is -2.18.